The Labute approximate surface area is 134 Å². The number of carbonyl (C=O) groups is 1. The fourth-order valence-corrected chi connectivity index (χ4v) is 4.65. The molecule has 1 atom stereocenters. The Hall–Kier alpha value is -1.27. The largest absolute Gasteiger partial charge is 0.493 e. The molecule has 120 valence electrons. The highest BCUT2D eigenvalue weighted by atomic mass is 35.5. The average molecular weight is 344 g/mol. The molecule has 0 spiro atoms. The minimum Gasteiger partial charge on any atom is -0.493 e. The van der Waals surface area contributed by atoms with Crippen molar-refractivity contribution in [3.05, 3.63) is 28.8 Å². The van der Waals surface area contributed by atoms with Crippen LogP contribution in [0.15, 0.2) is 18.2 Å². The highest BCUT2D eigenvalue weighted by molar-refractivity contribution is 7.91. The molecule has 0 aliphatic carbocycles. The summed E-state index contributed by atoms with van der Waals surface area (Å²) in [4.78, 5) is 12.5. The molecule has 22 heavy (non-hydrogen) atoms. The lowest BCUT2D eigenvalue weighted by Gasteiger charge is -2.29. The zero-order chi connectivity index (χ0) is 15.7. The number of fused-ring (bicyclic) bond motifs is 1. The van der Waals surface area contributed by atoms with Gasteiger partial charge in [0, 0.05) is 16.6 Å². The molecule has 3 rings (SSSR count). The van der Waals surface area contributed by atoms with Gasteiger partial charge < -0.3 is 10.1 Å². The molecule has 0 radical (unpaired) electrons. The first-order chi connectivity index (χ1) is 10.4. The third-order valence-electron chi connectivity index (χ3n) is 4.23. The summed E-state index contributed by atoms with van der Waals surface area (Å²) >= 11 is 6.02. The molecule has 1 fully saturated rings. The molecule has 1 saturated heterocycles. The second kappa shape index (κ2) is 6.08. The molecule has 1 aromatic carbocycles. The van der Waals surface area contributed by atoms with E-state index < -0.39 is 9.84 Å². The predicted octanol–water partition coefficient (Wildman–Crippen LogP) is 1.90. The first-order valence-electron chi connectivity index (χ1n) is 7.38. The Balaban J connectivity index is 1.70. The number of sulfone groups is 1. The Kier molecular flexibility index (Phi) is 4.32. The molecular formula is C15H18ClNO4S. The highest BCUT2D eigenvalue weighted by Gasteiger charge is 2.31. The monoisotopic (exact) mass is 343 g/mol. The van der Waals surface area contributed by atoms with Gasteiger partial charge in [-0.3, -0.25) is 4.79 Å². The van der Waals surface area contributed by atoms with Crippen LogP contribution in [0.3, 0.4) is 0 Å². The Morgan fingerprint density at radius 3 is 2.68 bits per heavy atom. The molecule has 0 aromatic heterocycles. The molecule has 2 aliphatic heterocycles. The maximum Gasteiger partial charge on any atom is 0.228 e. The second-order valence-corrected chi connectivity index (χ2v) is 8.55. The van der Waals surface area contributed by atoms with Gasteiger partial charge in [0.25, 0.3) is 0 Å². The molecule has 2 heterocycles. The Morgan fingerprint density at radius 1 is 1.23 bits per heavy atom. The minimum absolute atomic E-state index is 0.0681. The molecule has 0 bridgehead atoms. The fraction of sp³-hybridized carbons (Fsp3) is 0.533. The van der Waals surface area contributed by atoms with Crippen LogP contribution in [0.1, 0.15) is 30.7 Å². The number of halogens is 1. The zero-order valence-electron chi connectivity index (χ0n) is 12.0. The van der Waals surface area contributed by atoms with Crippen molar-refractivity contribution in [3.8, 4) is 5.75 Å². The van der Waals surface area contributed by atoms with Gasteiger partial charge in [-0.25, -0.2) is 8.42 Å². The standard InChI is InChI=1S/C15H18ClNO4S/c16-10-1-2-14-13(9-10)12(3-6-21-14)15(18)17-11-4-7-22(19,20)8-5-11/h1-2,9,11-12H,3-8H2,(H,17,18)/t12-/m1/s1. The summed E-state index contributed by atoms with van der Waals surface area (Å²) in [7, 11) is -2.92. The fourth-order valence-electron chi connectivity index (χ4n) is 2.97. The van der Waals surface area contributed by atoms with E-state index in [1.807, 2.05) is 0 Å². The van der Waals surface area contributed by atoms with Gasteiger partial charge in [-0.15, -0.1) is 0 Å². The summed E-state index contributed by atoms with van der Waals surface area (Å²) in [6.45, 7) is 0.492. The van der Waals surface area contributed by atoms with E-state index in [2.05, 4.69) is 5.32 Å². The van der Waals surface area contributed by atoms with E-state index in [0.29, 0.717) is 36.6 Å². The van der Waals surface area contributed by atoms with E-state index in [9.17, 15) is 13.2 Å². The topological polar surface area (TPSA) is 72.5 Å². The van der Waals surface area contributed by atoms with Gasteiger partial charge in [-0.05, 0) is 37.5 Å². The van der Waals surface area contributed by atoms with Crippen molar-refractivity contribution in [2.45, 2.75) is 31.2 Å². The smallest absolute Gasteiger partial charge is 0.228 e. The van der Waals surface area contributed by atoms with Crippen LogP contribution in [-0.2, 0) is 14.6 Å². The van der Waals surface area contributed by atoms with Crippen LogP contribution in [0.4, 0.5) is 0 Å². The summed E-state index contributed by atoms with van der Waals surface area (Å²) in [6, 6.07) is 5.23. The molecule has 7 heteroatoms. The van der Waals surface area contributed by atoms with E-state index in [-0.39, 0.29) is 29.4 Å². The summed E-state index contributed by atoms with van der Waals surface area (Å²) in [6.07, 6.45) is 1.57. The molecule has 0 unspecified atom stereocenters. The zero-order valence-corrected chi connectivity index (χ0v) is 13.6. The average Bonchev–Trinajstić information content (AvgIpc) is 2.48. The van der Waals surface area contributed by atoms with E-state index in [1.165, 1.54) is 0 Å². The van der Waals surface area contributed by atoms with E-state index in [0.717, 1.165) is 5.56 Å². The Morgan fingerprint density at radius 2 is 1.95 bits per heavy atom. The lowest BCUT2D eigenvalue weighted by atomic mass is 9.92. The third kappa shape index (κ3) is 3.38. The van der Waals surface area contributed by atoms with Gasteiger partial charge in [0.05, 0.1) is 24.0 Å². The maximum atomic E-state index is 12.5. The van der Waals surface area contributed by atoms with Gasteiger partial charge in [0.15, 0.2) is 0 Å². The summed E-state index contributed by atoms with van der Waals surface area (Å²) in [5.41, 5.74) is 0.805. The van der Waals surface area contributed by atoms with Crippen molar-refractivity contribution < 1.29 is 17.9 Å². The highest BCUT2D eigenvalue weighted by Crippen LogP contribution is 2.35. The second-order valence-electron chi connectivity index (χ2n) is 5.81. The first kappa shape index (κ1) is 15.6. The predicted molar refractivity (Wildman–Crippen MR) is 84.1 cm³/mol. The van der Waals surface area contributed by atoms with Crippen LogP contribution in [0.25, 0.3) is 0 Å². The van der Waals surface area contributed by atoms with Gasteiger partial charge in [-0.1, -0.05) is 11.6 Å². The van der Waals surface area contributed by atoms with E-state index in [4.69, 9.17) is 16.3 Å². The van der Waals surface area contributed by atoms with E-state index in [1.54, 1.807) is 18.2 Å². The van der Waals surface area contributed by atoms with E-state index >= 15 is 0 Å². The molecule has 1 amide bonds. The van der Waals surface area contributed by atoms with Gasteiger partial charge in [0.1, 0.15) is 15.6 Å². The number of carbonyl (C=O) groups excluding carboxylic acids is 1. The van der Waals surface area contributed by atoms with Crippen molar-refractivity contribution in [1.82, 2.24) is 5.32 Å². The number of nitrogens with one attached hydrogen (secondary N) is 1. The SMILES string of the molecule is O=C(NC1CCS(=O)(=O)CC1)[C@@H]1CCOc2ccc(Cl)cc21. The number of amides is 1. The van der Waals surface area contributed by atoms with Crippen LogP contribution < -0.4 is 10.1 Å². The molecule has 1 N–H and O–H groups in total. The molecular weight excluding hydrogens is 326 g/mol. The van der Waals surface area contributed by atoms with Crippen LogP contribution in [-0.4, -0.2) is 38.5 Å². The molecule has 2 aliphatic rings. The maximum absolute atomic E-state index is 12.5. The molecule has 0 saturated carbocycles. The summed E-state index contributed by atoms with van der Waals surface area (Å²) < 4.78 is 28.4. The van der Waals surface area contributed by atoms with Crippen LogP contribution in [0.2, 0.25) is 5.02 Å². The summed E-state index contributed by atoms with van der Waals surface area (Å²) in [5.74, 6) is 0.626. The summed E-state index contributed by atoms with van der Waals surface area (Å²) in [5, 5.41) is 3.56. The van der Waals surface area contributed by atoms with Crippen LogP contribution in [0.5, 0.6) is 5.75 Å². The number of hydrogen-bond donors (Lipinski definition) is 1. The van der Waals surface area contributed by atoms with Gasteiger partial charge in [0.2, 0.25) is 5.91 Å². The number of ether oxygens (including phenoxy) is 1. The number of rotatable bonds is 2. The minimum atomic E-state index is -2.92. The third-order valence-corrected chi connectivity index (χ3v) is 6.18. The van der Waals surface area contributed by atoms with Crippen molar-refractivity contribution >= 4 is 27.3 Å². The van der Waals surface area contributed by atoms with Gasteiger partial charge >= 0.3 is 0 Å². The normalized spacial score (nSPS) is 24.1. The Bertz CT molecular complexity index is 675. The van der Waals surface area contributed by atoms with Crippen LogP contribution in [0, 0.1) is 0 Å². The van der Waals surface area contributed by atoms with Gasteiger partial charge in [-0.2, -0.15) is 0 Å². The van der Waals surface area contributed by atoms with Crippen molar-refractivity contribution in [2.75, 3.05) is 18.1 Å². The number of benzene rings is 1. The number of hydrogen-bond acceptors (Lipinski definition) is 4. The van der Waals surface area contributed by atoms with Crippen molar-refractivity contribution in [2.24, 2.45) is 0 Å². The molecule has 5 nitrogen and oxygen atoms in total. The van der Waals surface area contributed by atoms with Crippen molar-refractivity contribution in [3.63, 3.8) is 0 Å². The van der Waals surface area contributed by atoms with Crippen LogP contribution >= 0.6 is 11.6 Å². The lowest BCUT2D eigenvalue weighted by Crippen LogP contribution is -2.43. The lowest BCUT2D eigenvalue weighted by molar-refractivity contribution is -0.124. The first-order valence-corrected chi connectivity index (χ1v) is 9.57. The molecule has 1 aromatic rings. The quantitative estimate of drug-likeness (QED) is 0.890. The van der Waals surface area contributed by atoms with Crippen molar-refractivity contribution in [1.29, 1.82) is 0 Å².